The second-order valence-electron chi connectivity index (χ2n) is 3.95. The van der Waals surface area contributed by atoms with Gasteiger partial charge in [0, 0.05) is 4.88 Å². The third-order valence-electron chi connectivity index (χ3n) is 2.82. The van der Waals surface area contributed by atoms with Crippen molar-refractivity contribution in [1.82, 2.24) is 4.90 Å². The average molecular weight is 261 g/mol. The number of amides is 2. The van der Waals surface area contributed by atoms with Crippen LogP contribution in [0.5, 0.6) is 0 Å². The molecule has 0 radical (unpaired) electrons. The van der Waals surface area contributed by atoms with Gasteiger partial charge in [-0.2, -0.15) is 4.39 Å². The van der Waals surface area contributed by atoms with Gasteiger partial charge in [-0.05, 0) is 24.3 Å². The molecule has 1 aromatic carbocycles. The van der Waals surface area contributed by atoms with Crippen LogP contribution in [-0.4, -0.2) is 16.7 Å². The Balaban J connectivity index is 1.92. The van der Waals surface area contributed by atoms with Crippen molar-refractivity contribution in [3.8, 4) is 0 Å². The van der Waals surface area contributed by atoms with Gasteiger partial charge in [0.1, 0.15) is 0 Å². The Kier molecular flexibility index (Phi) is 2.48. The fraction of sp³-hybridized carbons (Fsp3) is 0.0769. The number of rotatable bonds is 2. The van der Waals surface area contributed by atoms with Gasteiger partial charge >= 0.3 is 0 Å². The van der Waals surface area contributed by atoms with Gasteiger partial charge in [-0.25, -0.2) is 0 Å². The van der Waals surface area contributed by atoms with Crippen molar-refractivity contribution in [2.45, 2.75) is 6.54 Å². The minimum absolute atomic E-state index is 0.126. The molecule has 0 saturated heterocycles. The Morgan fingerprint density at radius 2 is 1.61 bits per heavy atom. The van der Waals surface area contributed by atoms with Crippen LogP contribution in [0.3, 0.4) is 0 Å². The van der Waals surface area contributed by atoms with Crippen LogP contribution in [-0.2, 0) is 6.54 Å². The molecular formula is C13H8FNO2S. The third-order valence-corrected chi connectivity index (χ3v) is 3.68. The molecule has 0 saturated carbocycles. The second-order valence-corrected chi connectivity index (χ2v) is 5.07. The van der Waals surface area contributed by atoms with Crippen molar-refractivity contribution < 1.29 is 14.0 Å². The van der Waals surface area contributed by atoms with Crippen molar-refractivity contribution in [1.29, 1.82) is 0 Å². The van der Waals surface area contributed by atoms with E-state index in [4.69, 9.17) is 0 Å². The zero-order valence-corrected chi connectivity index (χ0v) is 10.0. The highest BCUT2D eigenvalue weighted by molar-refractivity contribution is 7.10. The number of thiophene rings is 1. The molecule has 3 rings (SSSR count). The number of hydrogen-bond donors (Lipinski definition) is 0. The number of carbonyl (C=O) groups excluding carboxylic acids is 2. The minimum Gasteiger partial charge on any atom is -0.269 e. The minimum atomic E-state index is -0.318. The zero-order chi connectivity index (χ0) is 12.7. The zero-order valence-electron chi connectivity index (χ0n) is 9.22. The number of fused-ring (bicyclic) bond motifs is 1. The van der Waals surface area contributed by atoms with Crippen molar-refractivity contribution in [3.05, 3.63) is 57.5 Å². The molecule has 2 heterocycles. The molecule has 1 aliphatic heterocycles. The monoisotopic (exact) mass is 261 g/mol. The number of hydrogen-bond acceptors (Lipinski definition) is 3. The van der Waals surface area contributed by atoms with Gasteiger partial charge in [0.25, 0.3) is 11.8 Å². The van der Waals surface area contributed by atoms with Crippen LogP contribution in [0, 0.1) is 5.13 Å². The van der Waals surface area contributed by atoms with Gasteiger partial charge in [0.2, 0.25) is 0 Å². The molecule has 0 unspecified atom stereocenters. The molecular weight excluding hydrogens is 253 g/mol. The molecule has 0 aliphatic carbocycles. The summed E-state index contributed by atoms with van der Waals surface area (Å²) in [5, 5.41) is -0.318. The molecule has 0 atom stereocenters. The molecule has 18 heavy (non-hydrogen) atoms. The lowest BCUT2D eigenvalue weighted by atomic mass is 10.1. The van der Waals surface area contributed by atoms with Crippen LogP contribution in [0.15, 0.2) is 36.4 Å². The largest absolute Gasteiger partial charge is 0.269 e. The van der Waals surface area contributed by atoms with E-state index in [-0.39, 0.29) is 23.5 Å². The van der Waals surface area contributed by atoms with E-state index < -0.39 is 0 Å². The van der Waals surface area contributed by atoms with E-state index in [1.54, 1.807) is 30.3 Å². The van der Waals surface area contributed by atoms with Crippen LogP contribution in [0.1, 0.15) is 25.6 Å². The highest BCUT2D eigenvalue weighted by atomic mass is 32.1. The van der Waals surface area contributed by atoms with Crippen LogP contribution in [0.4, 0.5) is 4.39 Å². The highest BCUT2D eigenvalue weighted by Crippen LogP contribution is 2.26. The van der Waals surface area contributed by atoms with Gasteiger partial charge in [-0.1, -0.05) is 12.1 Å². The SMILES string of the molecule is O=C1c2ccccc2C(=O)N1Cc1ccc(F)s1. The van der Waals surface area contributed by atoms with E-state index >= 15 is 0 Å². The van der Waals surface area contributed by atoms with E-state index in [0.29, 0.717) is 16.0 Å². The van der Waals surface area contributed by atoms with Crippen LogP contribution in [0.25, 0.3) is 0 Å². The Morgan fingerprint density at radius 3 is 2.11 bits per heavy atom. The van der Waals surface area contributed by atoms with Crippen LogP contribution in [0.2, 0.25) is 0 Å². The molecule has 0 N–H and O–H groups in total. The number of nitrogens with zero attached hydrogens (tertiary/aromatic N) is 1. The molecule has 2 amide bonds. The summed E-state index contributed by atoms with van der Waals surface area (Å²) in [6.45, 7) is 0.126. The first-order chi connectivity index (χ1) is 8.66. The van der Waals surface area contributed by atoms with Gasteiger partial charge in [0.05, 0.1) is 17.7 Å². The normalized spacial score (nSPS) is 14.2. The maximum absolute atomic E-state index is 12.9. The standard InChI is InChI=1S/C13H8FNO2S/c14-11-6-5-8(18-11)7-15-12(16)9-3-1-2-4-10(9)13(15)17/h1-6H,7H2. The van der Waals surface area contributed by atoms with Crippen molar-refractivity contribution in [3.63, 3.8) is 0 Å². The smallest absolute Gasteiger partial charge is 0.261 e. The fourth-order valence-electron chi connectivity index (χ4n) is 1.98. The number of halogens is 1. The summed E-state index contributed by atoms with van der Waals surface area (Å²) in [6, 6.07) is 9.62. The summed E-state index contributed by atoms with van der Waals surface area (Å²) < 4.78 is 12.9. The summed E-state index contributed by atoms with van der Waals surface area (Å²) in [4.78, 5) is 25.9. The molecule has 0 spiro atoms. The molecule has 5 heteroatoms. The Bertz CT molecular complexity index is 615. The summed E-state index contributed by atoms with van der Waals surface area (Å²) >= 11 is 0.945. The number of imide groups is 1. The first kappa shape index (κ1) is 11.1. The fourth-order valence-corrected chi connectivity index (χ4v) is 2.69. The van der Waals surface area contributed by atoms with Crippen molar-refractivity contribution in [2.24, 2.45) is 0 Å². The topological polar surface area (TPSA) is 37.4 Å². The Hall–Kier alpha value is -2.01. The third kappa shape index (κ3) is 1.64. The quantitative estimate of drug-likeness (QED) is 0.779. The summed E-state index contributed by atoms with van der Waals surface area (Å²) in [5.41, 5.74) is 0.832. The predicted molar refractivity (Wildman–Crippen MR) is 64.9 cm³/mol. The molecule has 1 aromatic heterocycles. The molecule has 2 aromatic rings. The summed E-state index contributed by atoms with van der Waals surface area (Å²) in [6.07, 6.45) is 0. The first-order valence-electron chi connectivity index (χ1n) is 5.36. The molecule has 0 fully saturated rings. The van der Waals surface area contributed by atoms with Gasteiger partial charge < -0.3 is 0 Å². The Morgan fingerprint density at radius 1 is 1.00 bits per heavy atom. The van der Waals surface area contributed by atoms with Crippen LogP contribution < -0.4 is 0 Å². The summed E-state index contributed by atoms with van der Waals surface area (Å²) in [5.74, 6) is -0.631. The maximum Gasteiger partial charge on any atom is 0.261 e. The van der Waals surface area contributed by atoms with E-state index in [9.17, 15) is 14.0 Å². The second kappa shape index (κ2) is 4.03. The first-order valence-corrected chi connectivity index (χ1v) is 6.18. The van der Waals surface area contributed by atoms with Crippen molar-refractivity contribution in [2.75, 3.05) is 0 Å². The lowest BCUT2D eigenvalue weighted by molar-refractivity contribution is 0.0644. The van der Waals surface area contributed by atoms with Crippen molar-refractivity contribution >= 4 is 23.2 Å². The lowest BCUT2D eigenvalue weighted by Crippen LogP contribution is -2.28. The van der Waals surface area contributed by atoms with Gasteiger partial charge in [-0.15, -0.1) is 11.3 Å². The van der Waals surface area contributed by atoms with Gasteiger partial charge in [0.15, 0.2) is 5.13 Å². The highest BCUT2D eigenvalue weighted by Gasteiger charge is 2.35. The molecule has 90 valence electrons. The maximum atomic E-state index is 12.9. The average Bonchev–Trinajstić information content (AvgIpc) is 2.88. The number of benzene rings is 1. The van der Waals surface area contributed by atoms with E-state index in [0.717, 1.165) is 16.2 Å². The van der Waals surface area contributed by atoms with E-state index in [1.807, 2.05) is 0 Å². The Labute approximate surface area is 106 Å². The van der Waals surface area contributed by atoms with Crippen LogP contribution >= 0.6 is 11.3 Å². The summed E-state index contributed by atoms with van der Waals surface area (Å²) in [7, 11) is 0. The molecule has 1 aliphatic rings. The lowest BCUT2D eigenvalue weighted by Gasteiger charge is -2.11. The van der Waals surface area contributed by atoms with Gasteiger partial charge in [-0.3, -0.25) is 14.5 Å². The molecule has 0 bridgehead atoms. The predicted octanol–water partition coefficient (Wildman–Crippen LogP) is 2.68. The number of carbonyl (C=O) groups is 2. The molecule has 3 nitrogen and oxygen atoms in total. The van der Waals surface area contributed by atoms with E-state index in [1.165, 1.54) is 6.07 Å². The van der Waals surface area contributed by atoms with E-state index in [2.05, 4.69) is 0 Å².